The molecule has 0 aromatic rings. The molecule has 0 spiro atoms. The molecule has 0 aliphatic rings. The molecule has 5 heteroatoms. The van der Waals surface area contributed by atoms with Gasteiger partial charge >= 0.3 is 0 Å². The molecule has 0 heterocycles. The van der Waals surface area contributed by atoms with Gasteiger partial charge < -0.3 is 15.5 Å². The van der Waals surface area contributed by atoms with Crippen molar-refractivity contribution in [1.82, 2.24) is 9.80 Å². The number of hydrogen-bond acceptors (Lipinski definition) is 3. The van der Waals surface area contributed by atoms with Gasteiger partial charge in [0.15, 0.2) is 0 Å². The second-order valence-corrected chi connectivity index (χ2v) is 3.43. The molecule has 14 heavy (non-hydrogen) atoms. The van der Waals surface area contributed by atoms with Crippen LogP contribution >= 0.6 is 0 Å². The Bertz CT molecular complexity index is 214. The molecule has 0 bridgehead atoms. The third-order valence-corrected chi connectivity index (χ3v) is 1.91. The van der Waals surface area contributed by atoms with Gasteiger partial charge in [-0.1, -0.05) is 0 Å². The first-order chi connectivity index (χ1) is 6.40. The first-order valence-electron chi connectivity index (χ1n) is 4.64. The lowest BCUT2D eigenvalue weighted by atomic mass is 10.3. The number of nitrogens with zero attached hydrogens (tertiary/aromatic N) is 2. The van der Waals surface area contributed by atoms with Gasteiger partial charge in [-0.3, -0.25) is 9.59 Å². The molecule has 82 valence electrons. The van der Waals surface area contributed by atoms with E-state index in [4.69, 9.17) is 5.73 Å². The van der Waals surface area contributed by atoms with Crippen LogP contribution in [0.5, 0.6) is 0 Å². The lowest BCUT2D eigenvalue weighted by Crippen LogP contribution is -2.46. The molecule has 0 radical (unpaired) electrons. The van der Waals surface area contributed by atoms with Crippen LogP contribution in [0.25, 0.3) is 0 Å². The summed E-state index contributed by atoms with van der Waals surface area (Å²) in [5, 5.41) is 0. The van der Waals surface area contributed by atoms with E-state index in [0.717, 1.165) is 0 Å². The van der Waals surface area contributed by atoms with E-state index in [1.807, 2.05) is 6.92 Å². The highest BCUT2D eigenvalue weighted by molar-refractivity contribution is 5.86. The summed E-state index contributed by atoms with van der Waals surface area (Å²) >= 11 is 0. The molecule has 0 unspecified atom stereocenters. The molecule has 1 atom stereocenters. The molecule has 0 aromatic carbocycles. The Morgan fingerprint density at radius 1 is 1.36 bits per heavy atom. The minimum atomic E-state index is -0.551. The second-order valence-electron chi connectivity index (χ2n) is 3.43. The smallest absolute Gasteiger partial charge is 0.241 e. The van der Waals surface area contributed by atoms with Gasteiger partial charge in [-0.15, -0.1) is 0 Å². The zero-order valence-electron chi connectivity index (χ0n) is 9.28. The number of hydrogen-bond donors (Lipinski definition) is 1. The Morgan fingerprint density at radius 2 is 1.86 bits per heavy atom. The lowest BCUT2D eigenvalue weighted by molar-refractivity contribution is -0.139. The minimum Gasteiger partial charge on any atom is -0.347 e. The Hall–Kier alpha value is -1.10. The number of carbonyl (C=O) groups excluding carboxylic acids is 2. The lowest BCUT2D eigenvalue weighted by Gasteiger charge is -2.23. The van der Waals surface area contributed by atoms with Crippen molar-refractivity contribution in [3.05, 3.63) is 0 Å². The van der Waals surface area contributed by atoms with Crippen LogP contribution in [0.15, 0.2) is 0 Å². The standard InChI is InChI=1S/C9H19N3O2/c1-5-12(9(14)7(2)10)6-8(13)11(3)4/h7H,5-6,10H2,1-4H3/t7-/m0/s1. The largest absolute Gasteiger partial charge is 0.347 e. The zero-order valence-corrected chi connectivity index (χ0v) is 9.28. The van der Waals surface area contributed by atoms with Crippen LogP contribution in [0.1, 0.15) is 13.8 Å². The number of nitrogens with two attached hydrogens (primary N) is 1. The number of amides is 2. The first kappa shape index (κ1) is 12.9. The molecular weight excluding hydrogens is 182 g/mol. The van der Waals surface area contributed by atoms with Crippen LogP contribution < -0.4 is 5.73 Å². The summed E-state index contributed by atoms with van der Waals surface area (Å²) < 4.78 is 0. The Balaban J connectivity index is 4.30. The maximum Gasteiger partial charge on any atom is 0.241 e. The molecule has 2 N–H and O–H groups in total. The van der Waals surface area contributed by atoms with Crippen molar-refractivity contribution in [3.63, 3.8) is 0 Å². The van der Waals surface area contributed by atoms with Gasteiger partial charge in [-0.2, -0.15) is 0 Å². The van der Waals surface area contributed by atoms with E-state index < -0.39 is 6.04 Å². The normalized spacial score (nSPS) is 12.1. The summed E-state index contributed by atoms with van der Waals surface area (Å²) in [5.74, 6) is -0.288. The highest BCUT2D eigenvalue weighted by Crippen LogP contribution is 1.94. The van der Waals surface area contributed by atoms with Crippen molar-refractivity contribution in [2.24, 2.45) is 5.73 Å². The zero-order chi connectivity index (χ0) is 11.3. The molecule has 0 rings (SSSR count). The molecule has 0 aliphatic carbocycles. The summed E-state index contributed by atoms with van der Waals surface area (Å²) in [6, 6.07) is -0.551. The van der Waals surface area contributed by atoms with E-state index in [1.165, 1.54) is 9.80 Å². The minimum absolute atomic E-state index is 0.0964. The molecule has 0 saturated heterocycles. The quantitative estimate of drug-likeness (QED) is 0.652. The summed E-state index contributed by atoms with van der Waals surface area (Å²) in [4.78, 5) is 25.7. The molecule has 2 amide bonds. The third-order valence-electron chi connectivity index (χ3n) is 1.91. The van der Waals surface area contributed by atoms with Gasteiger partial charge in [0, 0.05) is 20.6 Å². The van der Waals surface area contributed by atoms with Crippen LogP contribution in [0.4, 0.5) is 0 Å². The topological polar surface area (TPSA) is 66.6 Å². The van der Waals surface area contributed by atoms with E-state index in [1.54, 1.807) is 21.0 Å². The highest BCUT2D eigenvalue weighted by atomic mass is 16.2. The fourth-order valence-corrected chi connectivity index (χ4v) is 0.938. The number of carbonyl (C=O) groups is 2. The predicted octanol–water partition coefficient (Wildman–Crippen LogP) is -0.730. The fourth-order valence-electron chi connectivity index (χ4n) is 0.938. The van der Waals surface area contributed by atoms with Gasteiger partial charge in [-0.25, -0.2) is 0 Å². The van der Waals surface area contributed by atoms with Crippen LogP contribution in [0.3, 0.4) is 0 Å². The van der Waals surface area contributed by atoms with Crippen molar-refractivity contribution in [3.8, 4) is 0 Å². The Kier molecular flexibility index (Phi) is 5.15. The van der Waals surface area contributed by atoms with E-state index in [9.17, 15) is 9.59 Å². The summed E-state index contributed by atoms with van der Waals surface area (Å²) in [5.41, 5.74) is 5.45. The monoisotopic (exact) mass is 201 g/mol. The van der Waals surface area contributed by atoms with Crippen LogP contribution in [0.2, 0.25) is 0 Å². The van der Waals surface area contributed by atoms with Crippen molar-refractivity contribution in [2.75, 3.05) is 27.2 Å². The van der Waals surface area contributed by atoms with Gasteiger partial charge in [0.05, 0.1) is 12.6 Å². The van der Waals surface area contributed by atoms with Crippen LogP contribution in [-0.2, 0) is 9.59 Å². The summed E-state index contributed by atoms with van der Waals surface area (Å²) in [6.45, 7) is 4.04. The summed E-state index contributed by atoms with van der Waals surface area (Å²) in [7, 11) is 3.32. The number of likely N-dealkylation sites (N-methyl/N-ethyl adjacent to an activating group) is 2. The van der Waals surface area contributed by atoms with Gasteiger partial charge in [0.1, 0.15) is 0 Å². The van der Waals surface area contributed by atoms with Crippen molar-refractivity contribution in [2.45, 2.75) is 19.9 Å². The SMILES string of the molecule is CCN(CC(=O)N(C)C)C(=O)[C@H](C)N. The highest BCUT2D eigenvalue weighted by Gasteiger charge is 2.19. The van der Waals surface area contributed by atoms with E-state index in [0.29, 0.717) is 6.54 Å². The Labute approximate surface area is 84.8 Å². The molecule has 0 saturated carbocycles. The van der Waals surface area contributed by atoms with Gasteiger partial charge in [-0.05, 0) is 13.8 Å². The first-order valence-corrected chi connectivity index (χ1v) is 4.64. The average Bonchev–Trinajstić information content (AvgIpc) is 2.12. The predicted molar refractivity (Wildman–Crippen MR) is 54.6 cm³/mol. The Morgan fingerprint density at radius 3 is 2.14 bits per heavy atom. The molecule has 0 aromatic heterocycles. The molecule has 5 nitrogen and oxygen atoms in total. The van der Waals surface area contributed by atoms with E-state index in [-0.39, 0.29) is 18.4 Å². The van der Waals surface area contributed by atoms with Gasteiger partial charge in [0.25, 0.3) is 0 Å². The van der Waals surface area contributed by atoms with E-state index in [2.05, 4.69) is 0 Å². The number of rotatable bonds is 4. The molecule has 0 fully saturated rings. The third kappa shape index (κ3) is 3.74. The summed E-state index contributed by atoms with van der Waals surface area (Å²) in [6.07, 6.45) is 0. The van der Waals surface area contributed by atoms with Crippen LogP contribution in [-0.4, -0.2) is 54.8 Å². The van der Waals surface area contributed by atoms with Gasteiger partial charge in [0.2, 0.25) is 11.8 Å². The molecular formula is C9H19N3O2. The van der Waals surface area contributed by atoms with Crippen LogP contribution in [0, 0.1) is 0 Å². The maximum absolute atomic E-state index is 11.5. The average molecular weight is 201 g/mol. The van der Waals surface area contributed by atoms with Crippen molar-refractivity contribution >= 4 is 11.8 Å². The fraction of sp³-hybridized carbons (Fsp3) is 0.778. The van der Waals surface area contributed by atoms with Crippen molar-refractivity contribution < 1.29 is 9.59 Å². The maximum atomic E-state index is 11.5. The van der Waals surface area contributed by atoms with E-state index >= 15 is 0 Å². The molecule has 0 aliphatic heterocycles. The van der Waals surface area contributed by atoms with Crippen molar-refractivity contribution in [1.29, 1.82) is 0 Å². The second kappa shape index (κ2) is 5.59.